The second kappa shape index (κ2) is 6.01. The molecule has 0 bridgehead atoms. The summed E-state index contributed by atoms with van der Waals surface area (Å²) in [5.74, 6) is 0.932. The maximum Gasteiger partial charge on any atom is 0.169 e. The molecular formula is C12H15BrFNO2S2. The summed E-state index contributed by atoms with van der Waals surface area (Å²) in [4.78, 5) is 1.67. The Morgan fingerprint density at radius 1 is 1.53 bits per heavy atom. The molecule has 1 heterocycles. The zero-order chi connectivity index (χ0) is 14.0. The summed E-state index contributed by atoms with van der Waals surface area (Å²) < 4.78 is 37.8. The van der Waals surface area contributed by atoms with Gasteiger partial charge >= 0.3 is 0 Å². The highest BCUT2D eigenvalue weighted by molar-refractivity contribution is 9.08. The van der Waals surface area contributed by atoms with Crippen LogP contribution in [0.1, 0.15) is 5.56 Å². The monoisotopic (exact) mass is 367 g/mol. The van der Waals surface area contributed by atoms with Crippen molar-refractivity contribution in [2.24, 2.45) is 0 Å². The average molecular weight is 368 g/mol. The molecule has 106 valence electrons. The van der Waals surface area contributed by atoms with Crippen LogP contribution in [0.25, 0.3) is 0 Å². The maximum absolute atomic E-state index is 14.1. The Morgan fingerprint density at radius 3 is 2.84 bits per heavy atom. The predicted octanol–water partition coefficient (Wildman–Crippen LogP) is 2.64. The van der Waals surface area contributed by atoms with E-state index in [2.05, 4.69) is 15.9 Å². The fourth-order valence-electron chi connectivity index (χ4n) is 2.08. The van der Waals surface area contributed by atoms with Crippen LogP contribution in [0.2, 0.25) is 0 Å². The minimum absolute atomic E-state index is 0.363. The lowest BCUT2D eigenvalue weighted by atomic mass is 10.2. The van der Waals surface area contributed by atoms with Gasteiger partial charge in [-0.25, -0.2) is 12.8 Å². The fourth-order valence-corrected chi connectivity index (χ4v) is 5.26. The number of hydrogen-bond acceptors (Lipinski definition) is 4. The number of thioether (sulfide) groups is 1. The molecule has 0 radical (unpaired) electrons. The van der Waals surface area contributed by atoms with E-state index in [1.807, 2.05) is 6.07 Å². The summed E-state index contributed by atoms with van der Waals surface area (Å²) in [6, 6.07) is 4.93. The van der Waals surface area contributed by atoms with Crippen LogP contribution >= 0.6 is 27.7 Å². The zero-order valence-electron chi connectivity index (χ0n) is 10.5. The van der Waals surface area contributed by atoms with E-state index >= 15 is 0 Å². The third kappa shape index (κ3) is 3.44. The summed E-state index contributed by atoms with van der Waals surface area (Å²) >= 11 is 4.87. The molecule has 19 heavy (non-hydrogen) atoms. The van der Waals surface area contributed by atoms with Crippen molar-refractivity contribution in [3.63, 3.8) is 0 Å². The first-order chi connectivity index (χ1) is 8.93. The smallest absolute Gasteiger partial charge is 0.169 e. The summed E-state index contributed by atoms with van der Waals surface area (Å²) in [7, 11) is -3.23. The van der Waals surface area contributed by atoms with Gasteiger partial charge in [0.15, 0.2) is 9.84 Å². The number of alkyl halides is 1. The Morgan fingerprint density at radius 2 is 2.26 bits per heavy atom. The van der Waals surface area contributed by atoms with Crippen LogP contribution in [0, 0.1) is 5.82 Å². The van der Waals surface area contributed by atoms with Gasteiger partial charge in [0, 0.05) is 29.6 Å². The second-order valence-electron chi connectivity index (χ2n) is 4.47. The van der Waals surface area contributed by atoms with Gasteiger partial charge in [0.25, 0.3) is 0 Å². The molecule has 1 aliphatic heterocycles. The Hall–Kier alpha value is -0.270. The number of halogens is 2. The highest BCUT2D eigenvalue weighted by Crippen LogP contribution is 2.29. The van der Waals surface area contributed by atoms with Gasteiger partial charge in [0.1, 0.15) is 11.2 Å². The first-order valence-corrected chi connectivity index (χ1v) is 10.0. The van der Waals surface area contributed by atoms with Crippen molar-refractivity contribution in [3.05, 3.63) is 29.6 Å². The van der Waals surface area contributed by atoms with Gasteiger partial charge in [-0.2, -0.15) is 11.8 Å². The van der Waals surface area contributed by atoms with Crippen molar-refractivity contribution in [1.29, 1.82) is 0 Å². The van der Waals surface area contributed by atoms with E-state index < -0.39 is 15.2 Å². The van der Waals surface area contributed by atoms with Gasteiger partial charge in [0.05, 0.1) is 5.69 Å². The van der Waals surface area contributed by atoms with E-state index in [0.29, 0.717) is 23.3 Å². The van der Waals surface area contributed by atoms with E-state index in [1.54, 1.807) is 22.7 Å². The van der Waals surface area contributed by atoms with Crippen molar-refractivity contribution in [3.8, 4) is 0 Å². The molecule has 1 aliphatic rings. The number of rotatable bonds is 3. The Labute approximate surface area is 125 Å². The maximum atomic E-state index is 14.1. The summed E-state index contributed by atoms with van der Waals surface area (Å²) in [5.41, 5.74) is 1.21. The quantitative estimate of drug-likeness (QED) is 0.769. The van der Waals surface area contributed by atoms with Crippen molar-refractivity contribution >= 4 is 43.2 Å². The Kier molecular flexibility index (Phi) is 4.79. The lowest BCUT2D eigenvalue weighted by molar-refractivity contribution is 0.578. The van der Waals surface area contributed by atoms with Gasteiger partial charge < -0.3 is 4.90 Å². The van der Waals surface area contributed by atoms with Gasteiger partial charge in [-0.3, -0.25) is 0 Å². The lowest BCUT2D eigenvalue weighted by Gasteiger charge is -2.36. The molecule has 0 aliphatic carbocycles. The molecule has 1 unspecified atom stereocenters. The van der Waals surface area contributed by atoms with E-state index in [4.69, 9.17) is 0 Å². The molecule has 2 rings (SSSR count). The third-order valence-electron chi connectivity index (χ3n) is 3.05. The van der Waals surface area contributed by atoms with Gasteiger partial charge in [-0.1, -0.05) is 22.0 Å². The average Bonchev–Trinajstić information content (AvgIpc) is 2.37. The van der Waals surface area contributed by atoms with E-state index in [-0.39, 0.29) is 5.82 Å². The van der Waals surface area contributed by atoms with Crippen LogP contribution in [0.3, 0.4) is 0 Å². The zero-order valence-corrected chi connectivity index (χ0v) is 13.7. The van der Waals surface area contributed by atoms with E-state index in [1.165, 1.54) is 12.3 Å². The number of anilines is 1. The summed E-state index contributed by atoms with van der Waals surface area (Å²) in [6.07, 6.45) is 1.21. The topological polar surface area (TPSA) is 37.4 Å². The molecule has 0 saturated carbocycles. The molecule has 0 aromatic heterocycles. The second-order valence-corrected chi connectivity index (χ2v) is 8.39. The molecule has 1 fully saturated rings. The molecule has 1 saturated heterocycles. The van der Waals surface area contributed by atoms with Crippen LogP contribution in [0.5, 0.6) is 0 Å². The molecule has 1 atom stereocenters. The lowest BCUT2D eigenvalue weighted by Crippen LogP contribution is -2.47. The minimum Gasteiger partial charge on any atom is -0.351 e. The molecule has 3 nitrogen and oxygen atoms in total. The molecule has 1 aromatic rings. The summed E-state index contributed by atoms with van der Waals surface area (Å²) in [5, 5.41) is -0.0641. The molecule has 0 spiro atoms. The van der Waals surface area contributed by atoms with Crippen molar-refractivity contribution in [2.75, 3.05) is 29.2 Å². The highest BCUT2D eigenvalue weighted by Gasteiger charge is 2.32. The summed E-state index contributed by atoms with van der Waals surface area (Å²) in [6.45, 7) is 0.549. The fraction of sp³-hybridized carbons (Fsp3) is 0.500. The van der Waals surface area contributed by atoms with Gasteiger partial charge in [-0.15, -0.1) is 0 Å². The molecule has 0 amide bonds. The first kappa shape index (κ1) is 15.1. The molecule has 0 N–H and O–H groups in total. The van der Waals surface area contributed by atoms with Crippen LogP contribution in [-0.2, 0) is 15.2 Å². The SMILES string of the molecule is CS(=O)(=O)C1CSCCN1c1ccc(CBr)cc1F. The van der Waals surface area contributed by atoms with E-state index in [0.717, 1.165) is 11.3 Å². The largest absolute Gasteiger partial charge is 0.351 e. The standard InChI is InChI=1S/C12H15BrFNO2S2/c1-19(16,17)12-8-18-5-4-15(12)11-3-2-9(7-13)6-10(11)14/h2-3,6,12H,4-5,7-8H2,1H3. The highest BCUT2D eigenvalue weighted by atomic mass is 79.9. The Balaban J connectivity index is 2.38. The Bertz CT molecular complexity index is 565. The molecule has 7 heteroatoms. The van der Waals surface area contributed by atoms with E-state index in [9.17, 15) is 12.8 Å². The molecular weight excluding hydrogens is 353 g/mol. The number of hydrogen-bond donors (Lipinski definition) is 0. The molecule has 1 aromatic carbocycles. The number of nitrogens with zero attached hydrogens (tertiary/aromatic N) is 1. The number of sulfone groups is 1. The van der Waals surface area contributed by atoms with Crippen LogP contribution in [-0.4, -0.2) is 38.1 Å². The van der Waals surface area contributed by atoms with Crippen LogP contribution < -0.4 is 4.90 Å². The number of benzene rings is 1. The first-order valence-electron chi connectivity index (χ1n) is 5.81. The van der Waals surface area contributed by atoms with Gasteiger partial charge in [-0.05, 0) is 17.7 Å². The van der Waals surface area contributed by atoms with Crippen LogP contribution in [0.15, 0.2) is 18.2 Å². The normalized spacial score (nSPS) is 20.6. The van der Waals surface area contributed by atoms with Crippen molar-refractivity contribution in [1.82, 2.24) is 0 Å². The van der Waals surface area contributed by atoms with Crippen molar-refractivity contribution in [2.45, 2.75) is 10.7 Å². The predicted molar refractivity (Wildman–Crippen MR) is 82.3 cm³/mol. The third-order valence-corrected chi connectivity index (χ3v) is 6.35. The minimum atomic E-state index is -3.23. The van der Waals surface area contributed by atoms with Crippen molar-refractivity contribution < 1.29 is 12.8 Å². The van der Waals surface area contributed by atoms with Gasteiger partial charge in [0.2, 0.25) is 0 Å². The van der Waals surface area contributed by atoms with Crippen LogP contribution in [0.4, 0.5) is 10.1 Å².